The summed E-state index contributed by atoms with van der Waals surface area (Å²) in [6, 6.07) is 6.11. The van der Waals surface area contributed by atoms with Crippen LogP contribution in [0, 0.1) is 5.92 Å². The molecular formula is C15H21NO4S. The molecule has 1 atom stereocenters. The Labute approximate surface area is 126 Å². The normalized spacial score (nSPS) is 14.0. The van der Waals surface area contributed by atoms with Crippen molar-refractivity contribution in [2.24, 2.45) is 5.92 Å². The van der Waals surface area contributed by atoms with E-state index >= 15 is 0 Å². The molecule has 0 aromatic heterocycles. The maximum absolute atomic E-state index is 12.6. The maximum atomic E-state index is 12.6. The molecule has 0 bridgehead atoms. The third kappa shape index (κ3) is 4.41. The van der Waals surface area contributed by atoms with Gasteiger partial charge in [-0.3, -0.25) is 0 Å². The van der Waals surface area contributed by atoms with Gasteiger partial charge in [-0.1, -0.05) is 26.0 Å². The molecule has 0 aliphatic carbocycles. The van der Waals surface area contributed by atoms with Crippen LogP contribution in [-0.4, -0.2) is 36.9 Å². The predicted molar refractivity (Wildman–Crippen MR) is 82.4 cm³/mol. The molecule has 0 amide bonds. The van der Waals surface area contributed by atoms with Gasteiger partial charge in [0.25, 0.3) is 0 Å². The molecule has 0 spiro atoms. The summed E-state index contributed by atoms with van der Waals surface area (Å²) >= 11 is 0. The zero-order valence-electron chi connectivity index (χ0n) is 12.6. The Morgan fingerprint density at radius 2 is 1.90 bits per heavy atom. The van der Waals surface area contributed by atoms with Gasteiger partial charge in [0.1, 0.15) is 0 Å². The van der Waals surface area contributed by atoms with Crippen molar-refractivity contribution >= 4 is 22.1 Å². The van der Waals surface area contributed by atoms with E-state index in [4.69, 9.17) is 5.11 Å². The van der Waals surface area contributed by atoms with Crippen LogP contribution >= 0.6 is 0 Å². The van der Waals surface area contributed by atoms with Gasteiger partial charge < -0.3 is 5.11 Å². The Bertz CT molecular complexity index is 635. The molecule has 1 aromatic carbocycles. The van der Waals surface area contributed by atoms with Crippen molar-refractivity contribution in [1.82, 2.24) is 4.31 Å². The zero-order valence-corrected chi connectivity index (χ0v) is 13.5. The monoisotopic (exact) mass is 311 g/mol. The highest BCUT2D eigenvalue weighted by molar-refractivity contribution is 7.89. The molecule has 0 heterocycles. The lowest BCUT2D eigenvalue weighted by Crippen LogP contribution is -2.38. The fourth-order valence-electron chi connectivity index (χ4n) is 1.75. The van der Waals surface area contributed by atoms with Gasteiger partial charge in [0.15, 0.2) is 0 Å². The second kappa shape index (κ2) is 6.87. The second-order valence-corrected chi connectivity index (χ2v) is 7.25. The molecule has 0 radical (unpaired) electrons. The first-order valence-corrected chi connectivity index (χ1v) is 8.09. The molecule has 1 aromatic rings. The highest BCUT2D eigenvalue weighted by Gasteiger charge is 2.26. The van der Waals surface area contributed by atoms with Crippen molar-refractivity contribution in [2.75, 3.05) is 7.05 Å². The smallest absolute Gasteiger partial charge is 0.328 e. The lowest BCUT2D eigenvalue weighted by molar-refractivity contribution is -0.131. The van der Waals surface area contributed by atoms with Crippen molar-refractivity contribution in [3.63, 3.8) is 0 Å². The number of carboxylic acid groups (broad SMARTS) is 1. The first-order valence-electron chi connectivity index (χ1n) is 6.65. The maximum Gasteiger partial charge on any atom is 0.328 e. The Morgan fingerprint density at radius 3 is 2.43 bits per heavy atom. The van der Waals surface area contributed by atoms with E-state index in [9.17, 15) is 13.2 Å². The highest BCUT2D eigenvalue weighted by atomic mass is 32.2. The second-order valence-electron chi connectivity index (χ2n) is 5.25. The van der Waals surface area contributed by atoms with Crippen molar-refractivity contribution in [3.8, 4) is 0 Å². The van der Waals surface area contributed by atoms with Gasteiger partial charge in [-0.2, -0.15) is 4.31 Å². The SMILES string of the molecule is CC(C)C(C)N(C)S(=O)(=O)c1cccc(C=CC(=O)O)c1. The van der Waals surface area contributed by atoms with Crippen LogP contribution in [-0.2, 0) is 14.8 Å². The highest BCUT2D eigenvalue weighted by Crippen LogP contribution is 2.21. The molecule has 6 heteroatoms. The summed E-state index contributed by atoms with van der Waals surface area (Å²) in [5.74, 6) is -0.881. The minimum absolute atomic E-state index is 0.131. The van der Waals surface area contributed by atoms with Crippen LogP contribution in [0.15, 0.2) is 35.2 Å². The number of aliphatic carboxylic acids is 1. The van der Waals surface area contributed by atoms with Crippen LogP contribution in [0.1, 0.15) is 26.3 Å². The topological polar surface area (TPSA) is 74.7 Å². The van der Waals surface area contributed by atoms with Crippen molar-refractivity contribution < 1.29 is 18.3 Å². The van der Waals surface area contributed by atoms with Gasteiger partial charge >= 0.3 is 5.97 Å². The van der Waals surface area contributed by atoms with Gasteiger partial charge in [0.05, 0.1) is 4.90 Å². The molecule has 0 aliphatic heterocycles. The third-order valence-corrected chi connectivity index (χ3v) is 5.43. The first kappa shape index (κ1) is 17.4. The van der Waals surface area contributed by atoms with E-state index in [0.717, 1.165) is 6.08 Å². The molecule has 5 nitrogen and oxygen atoms in total. The lowest BCUT2D eigenvalue weighted by Gasteiger charge is -2.27. The number of rotatable bonds is 6. The largest absolute Gasteiger partial charge is 0.478 e. The number of carbonyl (C=O) groups is 1. The summed E-state index contributed by atoms with van der Waals surface area (Å²) in [5.41, 5.74) is 0.532. The van der Waals surface area contributed by atoms with Gasteiger partial charge in [-0.25, -0.2) is 13.2 Å². The molecule has 21 heavy (non-hydrogen) atoms. The van der Waals surface area contributed by atoms with Crippen LogP contribution in [0.3, 0.4) is 0 Å². The van der Waals surface area contributed by atoms with E-state index in [1.165, 1.54) is 22.5 Å². The van der Waals surface area contributed by atoms with Gasteiger partial charge in [0.2, 0.25) is 10.0 Å². The molecule has 1 rings (SSSR count). The van der Waals surface area contributed by atoms with Gasteiger partial charge in [-0.05, 0) is 36.6 Å². The number of carboxylic acids is 1. The average molecular weight is 311 g/mol. The quantitative estimate of drug-likeness (QED) is 0.819. The zero-order chi connectivity index (χ0) is 16.2. The Hall–Kier alpha value is -1.66. The molecule has 116 valence electrons. The van der Waals surface area contributed by atoms with E-state index in [1.807, 2.05) is 20.8 Å². The molecule has 0 fully saturated rings. The first-order chi connectivity index (χ1) is 9.66. The molecule has 1 unspecified atom stereocenters. The standard InChI is InChI=1S/C15H21NO4S/c1-11(2)12(3)16(4)21(19,20)14-7-5-6-13(10-14)8-9-15(17)18/h5-12H,1-4H3,(H,17,18). The Kier molecular flexibility index (Phi) is 5.69. The van der Waals surface area contributed by atoms with Gasteiger partial charge in [-0.15, -0.1) is 0 Å². The number of sulfonamides is 1. The van der Waals surface area contributed by atoms with Crippen molar-refractivity contribution in [1.29, 1.82) is 0 Å². The predicted octanol–water partition coefficient (Wildman–Crippen LogP) is 2.45. The van der Waals surface area contributed by atoms with Gasteiger partial charge in [0, 0.05) is 19.2 Å². The summed E-state index contributed by atoms with van der Waals surface area (Å²) in [4.78, 5) is 10.7. The fourth-order valence-corrected chi connectivity index (χ4v) is 3.30. The number of hydrogen-bond acceptors (Lipinski definition) is 3. The van der Waals surface area contributed by atoms with Crippen LogP contribution in [0.5, 0.6) is 0 Å². The van der Waals surface area contributed by atoms with Crippen LogP contribution < -0.4 is 0 Å². The average Bonchev–Trinajstić information content (AvgIpc) is 2.43. The number of hydrogen-bond donors (Lipinski definition) is 1. The summed E-state index contributed by atoms with van der Waals surface area (Å²) in [5, 5.41) is 8.61. The van der Waals surface area contributed by atoms with Crippen LogP contribution in [0.25, 0.3) is 6.08 Å². The van der Waals surface area contributed by atoms with Crippen LogP contribution in [0.4, 0.5) is 0 Å². The minimum Gasteiger partial charge on any atom is -0.478 e. The van der Waals surface area contributed by atoms with E-state index in [1.54, 1.807) is 19.2 Å². The molecule has 1 N–H and O–H groups in total. The fraction of sp³-hybridized carbons (Fsp3) is 0.400. The summed E-state index contributed by atoms with van der Waals surface area (Å²) in [6.07, 6.45) is 2.35. The summed E-state index contributed by atoms with van der Waals surface area (Å²) in [6.45, 7) is 5.78. The Balaban J connectivity index is 3.15. The van der Waals surface area contributed by atoms with Crippen molar-refractivity contribution in [3.05, 3.63) is 35.9 Å². The van der Waals surface area contributed by atoms with E-state index < -0.39 is 16.0 Å². The lowest BCUT2D eigenvalue weighted by atomic mass is 10.1. The summed E-state index contributed by atoms with van der Waals surface area (Å²) in [7, 11) is -2.04. The molecule has 0 saturated heterocycles. The summed E-state index contributed by atoms with van der Waals surface area (Å²) < 4.78 is 26.5. The van der Waals surface area contributed by atoms with E-state index in [2.05, 4.69) is 0 Å². The molecule has 0 aliphatic rings. The third-order valence-electron chi connectivity index (χ3n) is 3.49. The minimum atomic E-state index is -3.59. The number of benzene rings is 1. The Morgan fingerprint density at radius 1 is 1.29 bits per heavy atom. The number of nitrogens with zero attached hydrogens (tertiary/aromatic N) is 1. The molecule has 0 saturated carbocycles. The van der Waals surface area contributed by atoms with E-state index in [-0.39, 0.29) is 16.9 Å². The van der Waals surface area contributed by atoms with E-state index in [0.29, 0.717) is 5.56 Å². The van der Waals surface area contributed by atoms with Crippen molar-refractivity contribution in [2.45, 2.75) is 31.7 Å². The molecular weight excluding hydrogens is 290 g/mol. The van der Waals surface area contributed by atoms with Crippen LogP contribution in [0.2, 0.25) is 0 Å².